The Hall–Kier alpha value is -0.200. The highest BCUT2D eigenvalue weighted by Gasteiger charge is 2.58. The van der Waals surface area contributed by atoms with Gasteiger partial charge in [-0.05, 0) is 0 Å². The van der Waals surface area contributed by atoms with Gasteiger partial charge in [-0.2, -0.15) is 0 Å². The number of fused-ring (bicyclic) bond motifs is 2. The van der Waals surface area contributed by atoms with Crippen molar-refractivity contribution in [2.24, 2.45) is 23.7 Å². The number of aliphatic hydroxyl groups is 4. The van der Waals surface area contributed by atoms with Crippen LogP contribution in [0.25, 0.3) is 0 Å². The van der Waals surface area contributed by atoms with Gasteiger partial charge < -0.3 is 25.2 Å². The summed E-state index contributed by atoms with van der Waals surface area (Å²) in [6.07, 6.45) is -0.446. The molecule has 0 radical (unpaired) electrons. The van der Waals surface area contributed by atoms with Gasteiger partial charge in [0.2, 0.25) is 0 Å². The lowest BCUT2D eigenvalue weighted by molar-refractivity contribution is 0.0225. The molecule has 88 valence electrons. The molecule has 2 heterocycles. The van der Waals surface area contributed by atoms with E-state index in [1.54, 1.807) is 0 Å². The minimum Gasteiger partial charge on any atom is -0.396 e. The second-order valence-electron chi connectivity index (χ2n) is 4.45. The molecule has 0 aromatic heterocycles. The molecular weight excluding hydrogens is 200 g/mol. The number of aliphatic hydroxyl groups excluding tert-OH is 4. The predicted octanol–water partition coefficient (Wildman–Crippen LogP) is -1.80. The van der Waals surface area contributed by atoms with Gasteiger partial charge in [-0.1, -0.05) is 0 Å². The summed E-state index contributed by atoms with van der Waals surface area (Å²) in [5.74, 6) is -0.445. The summed E-state index contributed by atoms with van der Waals surface area (Å²) in [6, 6.07) is 0. The van der Waals surface area contributed by atoms with Crippen molar-refractivity contribution >= 4 is 0 Å². The zero-order chi connectivity index (χ0) is 11.0. The third-order valence-corrected chi connectivity index (χ3v) is 3.95. The molecule has 0 spiro atoms. The van der Waals surface area contributed by atoms with Crippen LogP contribution in [-0.4, -0.2) is 59.1 Å². The summed E-state index contributed by atoms with van der Waals surface area (Å²) in [4.78, 5) is 0. The Balaban J connectivity index is 2.17. The molecule has 2 fully saturated rings. The quantitative estimate of drug-likeness (QED) is 0.447. The van der Waals surface area contributed by atoms with Crippen molar-refractivity contribution in [1.29, 1.82) is 0 Å². The van der Waals surface area contributed by atoms with Crippen LogP contribution in [0.15, 0.2) is 0 Å². The molecule has 2 aliphatic rings. The highest BCUT2D eigenvalue weighted by atomic mass is 16.5. The smallest absolute Gasteiger partial charge is 0.0688 e. The van der Waals surface area contributed by atoms with Gasteiger partial charge in [0, 0.05) is 50.1 Å². The van der Waals surface area contributed by atoms with E-state index in [1.807, 2.05) is 0 Å². The third-order valence-electron chi connectivity index (χ3n) is 3.95. The molecule has 2 rings (SSSR count). The number of hydrogen-bond acceptors (Lipinski definition) is 5. The predicted molar refractivity (Wildman–Crippen MR) is 51.0 cm³/mol. The Morgan fingerprint density at radius 3 is 1.07 bits per heavy atom. The molecule has 15 heavy (non-hydrogen) atoms. The SMILES string of the molecule is OC[C@@H]1C2OC([C@@H](CO)[C@H]2CO)[C@@H]1CO. The Bertz CT molecular complexity index is 180. The summed E-state index contributed by atoms with van der Waals surface area (Å²) in [7, 11) is 0. The number of ether oxygens (including phenoxy) is 1. The van der Waals surface area contributed by atoms with Gasteiger partial charge >= 0.3 is 0 Å². The van der Waals surface area contributed by atoms with Crippen molar-refractivity contribution in [2.75, 3.05) is 26.4 Å². The van der Waals surface area contributed by atoms with Crippen LogP contribution < -0.4 is 0 Å². The summed E-state index contributed by atoms with van der Waals surface area (Å²) < 4.78 is 5.65. The lowest BCUT2D eigenvalue weighted by atomic mass is 9.69. The van der Waals surface area contributed by atoms with Gasteiger partial charge in [-0.3, -0.25) is 0 Å². The average Bonchev–Trinajstić information content (AvgIpc) is 2.80. The third kappa shape index (κ3) is 1.50. The molecule has 4 N–H and O–H groups in total. The molecule has 5 heteroatoms. The summed E-state index contributed by atoms with van der Waals surface area (Å²) in [5, 5.41) is 36.9. The Morgan fingerprint density at radius 2 is 0.867 bits per heavy atom. The first-order chi connectivity index (χ1) is 7.28. The standard InChI is InChI=1S/C10H18O5/c11-1-5-6(2-12)10-8(4-14)7(3-13)9(5)15-10/h5-14H,1-4H2/t5-,6+,7+,8-,9?,10?. The van der Waals surface area contributed by atoms with E-state index >= 15 is 0 Å². The number of hydrogen-bond donors (Lipinski definition) is 4. The maximum absolute atomic E-state index is 9.23. The van der Waals surface area contributed by atoms with Crippen LogP contribution in [-0.2, 0) is 4.74 Å². The first-order valence-electron chi connectivity index (χ1n) is 5.37. The Kier molecular flexibility index (Phi) is 3.27. The monoisotopic (exact) mass is 218 g/mol. The molecule has 0 amide bonds. The molecule has 2 saturated heterocycles. The van der Waals surface area contributed by atoms with Crippen LogP contribution in [0.5, 0.6) is 0 Å². The molecule has 0 aliphatic carbocycles. The topological polar surface area (TPSA) is 90.2 Å². The van der Waals surface area contributed by atoms with E-state index in [4.69, 9.17) is 4.74 Å². The molecule has 2 unspecified atom stereocenters. The van der Waals surface area contributed by atoms with Crippen molar-refractivity contribution in [3.05, 3.63) is 0 Å². The Labute approximate surface area is 88.3 Å². The molecule has 5 nitrogen and oxygen atoms in total. The zero-order valence-corrected chi connectivity index (χ0v) is 8.49. The van der Waals surface area contributed by atoms with E-state index in [0.717, 1.165) is 0 Å². The molecule has 2 bridgehead atoms. The summed E-state index contributed by atoms with van der Waals surface area (Å²) >= 11 is 0. The van der Waals surface area contributed by atoms with Gasteiger partial charge in [0.1, 0.15) is 0 Å². The Morgan fingerprint density at radius 1 is 0.600 bits per heavy atom. The van der Waals surface area contributed by atoms with Crippen LogP contribution in [0.2, 0.25) is 0 Å². The fourth-order valence-corrected chi connectivity index (χ4v) is 3.15. The minimum atomic E-state index is -0.223. The van der Waals surface area contributed by atoms with E-state index < -0.39 is 0 Å². The summed E-state index contributed by atoms with van der Waals surface area (Å²) in [5.41, 5.74) is 0. The summed E-state index contributed by atoms with van der Waals surface area (Å²) in [6.45, 7) is -0.163. The highest BCUT2D eigenvalue weighted by Crippen LogP contribution is 2.49. The van der Waals surface area contributed by atoms with Gasteiger partial charge in [-0.25, -0.2) is 0 Å². The second kappa shape index (κ2) is 4.35. The number of rotatable bonds is 4. The molecule has 2 aliphatic heterocycles. The fourth-order valence-electron chi connectivity index (χ4n) is 3.15. The molecule has 0 saturated carbocycles. The first-order valence-corrected chi connectivity index (χ1v) is 5.37. The van der Waals surface area contributed by atoms with Crippen molar-refractivity contribution in [3.8, 4) is 0 Å². The molecule has 0 aromatic carbocycles. The zero-order valence-electron chi connectivity index (χ0n) is 8.49. The van der Waals surface area contributed by atoms with E-state index in [0.29, 0.717) is 0 Å². The van der Waals surface area contributed by atoms with Crippen LogP contribution in [0, 0.1) is 23.7 Å². The first kappa shape index (κ1) is 11.3. The molecular formula is C10H18O5. The van der Waals surface area contributed by atoms with Gasteiger partial charge in [0.25, 0.3) is 0 Å². The van der Waals surface area contributed by atoms with Crippen molar-refractivity contribution in [2.45, 2.75) is 12.2 Å². The fraction of sp³-hybridized carbons (Fsp3) is 1.00. The van der Waals surface area contributed by atoms with Crippen LogP contribution in [0.1, 0.15) is 0 Å². The van der Waals surface area contributed by atoms with E-state index in [1.165, 1.54) is 0 Å². The molecule has 0 aromatic rings. The normalized spacial score (nSPS) is 48.8. The largest absolute Gasteiger partial charge is 0.396 e. The lowest BCUT2D eigenvalue weighted by Crippen LogP contribution is -2.45. The van der Waals surface area contributed by atoms with Crippen molar-refractivity contribution < 1.29 is 25.2 Å². The van der Waals surface area contributed by atoms with Gasteiger partial charge in [-0.15, -0.1) is 0 Å². The maximum atomic E-state index is 9.23. The average molecular weight is 218 g/mol. The van der Waals surface area contributed by atoms with Crippen molar-refractivity contribution in [1.82, 2.24) is 0 Å². The van der Waals surface area contributed by atoms with E-state index in [9.17, 15) is 20.4 Å². The van der Waals surface area contributed by atoms with Crippen LogP contribution >= 0.6 is 0 Å². The minimum absolute atomic E-state index is 0.0406. The van der Waals surface area contributed by atoms with Gasteiger partial charge in [0.05, 0.1) is 12.2 Å². The van der Waals surface area contributed by atoms with Crippen LogP contribution in [0.4, 0.5) is 0 Å². The van der Waals surface area contributed by atoms with E-state index in [-0.39, 0.29) is 62.3 Å². The van der Waals surface area contributed by atoms with E-state index in [2.05, 4.69) is 0 Å². The maximum Gasteiger partial charge on any atom is 0.0688 e. The highest BCUT2D eigenvalue weighted by molar-refractivity contribution is 5.04. The lowest BCUT2D eigenvalue weighted by Gasteiger charge is -2.34. The van der Waals surface area contributed by atoms with Crippen LogP contribution in [0.3, 0.4) is 0 Å². The molecule has 6 atom stereocenters. The van der Waals surface area contributed by atoms with Crippen molar-refractivity contribution in [3.63, 3.8) is 0 Å². The van der Waals surface area contributed by atoms with Gasteiger partial charge in [0.15, 0.2) is 0 Å². The second-order valence-corrected chi connectivity index (χ2v) is 4.45.